The summed E-state index contributed by atoms with van der Waals surface area (Å²) in [5.74, 6) is 0. The summed E-state index contributed by atoms with van der Waals surface area (Å²) in [6.45, 7) is 0.554. The molecule has 0 heterocycles. The minimum atomic E-state index is -0.0607. The number of nitrogens with two attached hydrogens (primary N) is 1. The molecule has 0 radical (unpaired) electrons. The van der Waals surface area contributed by atoms with E-state index in [1.807, 2.05) is 18.2 Å². The summed E-state index contributed by atoms with van der Waals surface area (Å²) < 4.78 is 0. The summed E-state index contributed by atoms with van der Waals surface area (Å²) in [5, 5.41) is 0.757. The molecule has 0 spiro atoms. The molecule has 1 aromatic rings. The number of benzene rings is 1. The number of rotatable bonds is 3. The standard InChI is InChI=1S/C12H14ClNO/c13-11-2-1-9-6-12(8-14,3-4-15)7-10(9)5-11/h1-2,4-5H,3,6-8,14H2. The molecule has 2 nitrogen and oxygen atoms in total. The number of fused-ring (bicyclic) bond motifs is 1. The van der Waals surface area contributed by atoms with Crippen LogP contribution in [-0.4, -0.2) is 12.8 Å². The fraction of sp³-hybridized carbons (Fsp3) is 0.417. The van der Waals surface area contributed by atoms with Gasteiger partial charge in [-0.1, -0.05) is 17.7 Å². The largest absolute Gasteiger partial charge is 0.330 e. The summed E-state index contributed by atoms with van der Waals surface area (Å²) in [6.07, 6.45) is 3.28. The minimum Gasteiger partial charge on any atom is -0.330 e. The zero-order chi connectivity index (χ0) is 10.9. The first-order chi connectivity index (χ1) is 7.19. The molecule has 1 unspecified atom stereocenters. The monoisotopic (exact) mass is 223 g/mol. The van der Waals surface area contributed by atoms with Crippen LogP contribution in [0.1, 0.15) is 17.5 Å². The van der Waals surface area contributed by atoms with Gasteiger partial charge in [-0.15, -0.1) is 0 Å². The molecule has 0 bridgehead atoms. The van der Waals surface area contributed by atoms with Crippen molar-refractivity contribution in [3.63, 3.8) is 0 Å². The van der Waals surface area contributed by atoms with Crippen LogP contribution in [0.2, 0.25) is 5.02 Å². The predicted molar refractivity (Wildman–Crippen MR) is 61.0 cm³/mol. The van der Waals surface area contributed by atoms with Gasteiger partial charge in [0.05, 0.1) is 0 Å². The van der Waals surface area contributed by atoms with E-state index in [0.717, 1.165) is 24.2 Å². The first kappa shape index (κ1) is 10.7. The van der Waals surface area contributed by atoms with Gasteiger partial charge in [0.2, 0.25) is 0 Å². The number of carbonyl (C=O) groups excluding carboxylic acids is 1. The maximum Gasteiger partial charge on any atom is 0.120 e. The molecule has 2 N–H and O–H groups in total. The van der Waals surface area contributed by atoms with Gasteiger partial charge in [0.1, 0.15) is 6.29 Å². The third-order valence-corrected chi connectivity index (χ3v) is 3.48. The van der Waals surface area contributed by atoms with Gasteiger partial charge in [-0.3, -0.25) is 0 Å². The second-order valence-corrected chi connectivity index (χ2v) is 4.78. The first-order valence-electron chi connectivity index (χ1n) is 5.10. The highest BCUT2D eigenvalue weighted by molar-refractivity contribution is 6.30. The summed E-state index contributed by atoms with van der Waals surface area (Å²) in [6, 6.07) is 5.92. The summed E-state index contributed by atoms with van der Waals surface area (Å²) in [7, 11) is 0. The van der Waals surface area contributed by atoms with E-state index in [-0.39, 0.29) is 5.41 Å². The molecule has 80 valence electrons. The maximum atomic E-state index is 10.7. The number of carbonyl (C=O) groups is 1. The Hall–Kier alpha value is -0.860. The van der Waals surface area contributed by atoms with E-state index in [0.29, 0.717) is 13.0 Å². The van der Waals surface area contributed by atoms with E-state index in [1.165, 1.54) is 11.1 Å². The Balaban J connectivity index is 2.30. The van der Waals surface area contributed by atoms with Crippen molar-refractivity contribution in [1.29, 1.82) is 0 Å². The Morgan fingerprint density at radius 3 is 2.80 bits per heavy atom. The SMILES string of the molecule is NCC1(CC=O)Cc2ccc(Cl)cc2C1. The molecule has 3 heteroatoms. The van der Waals surface area contributed by atoms with Crippen LogP contribution in [0.15, 0.2) is 18.2 Å². The van der Waals surface area contributed by atoms with Crippen molar-refractivity contribution in [2.75, 3.05) is 6.54 Å². The molecule has 0 amide bonds. The molecule has 15 heavy (non-hydrogen) atoms. The van der Waals surface area contributed by atoms with Gasteiger partial charge < -0.3 is 10.5 Å². The normalized spacial score (nSPS) is 23.9. The summed E-state index contributed by atoms with van der Waals surface area (Å²) in [5.41, 5.74) is 8.25. The lowest BCUT2D eigenvalue weighted by atomic mass is 9.82. The van der Waals surface area contributed by atoms with E-state index in [4.69, 9.17) is 17.3 Å². The van der Waals surface area contributed by atoms with Gasteiger partial charge in [0.15, 0.2) is 0 Å². The Kier molecular flexibility index (Phi) is 2.81. The lowest BCUT2D eigenvalue weighted by molar-refractivity contribution is -0.109. The zero-order valence-electron chi connectivity index (χ0n) is 8.50. The molecular formula is C12H14ClNO. The van der Waals surface area contributed by atoms with Crippen molar-refractivity contribution >= 4 is 17.9 Å². The molecule has 0 saturated heterocycles. The number of hydrogen-bond acceptors (Lipinski definition) is 2. The lowest BCUT2D eigenvalue weighted by Crippen LogP contribution is -2.31. The average molecular weight is 224 g/mol. The Morgan fingerprint density at radius 2 is 2.13 bits per heavy atom. The van der Waals surface area contributed by atoms with Crippen LogP contribution in [0.3, 0.4) is 0 Å². The molecule has 1 atom stereocenters. The van der Waals surface area contributed by atoms with Crippen LogP contribution < -0.4 is 5.73 Å². The highest BCUT2D eigenvalue weighted by Crippen LogP contribution is 2.39. The molecule has 0 aromatic heterocycles. The minimum absolute atomic E-state index is 0.0607. The van der Waals surface area contributed by atoms with E-state index in [9.17, 15) is 4.79 Å². The zero-order valence-corrected chi connectivity index (χ0v) is 9.26. The van der Waals surface area contributed by atoms with Crippen molar-refractivity contribution in [3.8, 4) is 0 Å². The van der Waals surface area contributed by atoms with Crippen molar-refractivity contribution in [2.45, 2.75) is 19.3 Å². The third kappa shape index (κ3) is 1.92. The fourth-order valence-electron chi connectivity index (χ4n) is 2.35. The number of aldehydes is 1. The number of hydrogen-bond donors (Lipinski definition) is 1. The average Bonchev–Trinajstić information content (AvgIpc) is 2.56. The van der Waals surface area contributed by atoms with Gasteiger partial charge in [-0.25, -0.2) is 0 Å². The van der Waals surface area contributed by atoms with Crippen LogP contribution >= 0.6 is 11.6 Å². The molecular weight excluding hydrogens is 210 g/mol. The van der Waals surface area contributed by atoms with Crippen molar-refractivity contribution in [1.82, 2.24) is 0 Å². The highest BCUT2D eigenvalue weighted by atomic mass is 35.5. The number of halogens is 1. The Morgan fingerprint density at radius 1 is 1.40 bits per heavy atom. The van der Waals surface area contributed by atoms with Crippen molar-refractivity contribution in [3.05, 3.63) is 34.3 Å². The van der Waals surface area contributed by atoms with E-state index < -0.39 is 0 Å². The molecule has 1 aliphatic carbocycles. The predicted octanol–water partition coefficient (Wildman–Crippen LogP) is 1.97. The fourth-order valence-corrected chi connectivity index (χ4v) is 2.55. The van der Waals surface area contributed by atoms with E-state index in [2.05, 4.69) is 0 Å². The van der Waals surface area contributed by atoms with E-state index in [1.54, 1.807) is 0 Å². The van der Waals surface area contributed by atoms with Gasteiger partial charge in [0.25, 0.3) is 0 Å². The molecule has 1 aromatic carbocycles. The van der Waals surface area contributed by atoms with Crippen LogP contribution in [0.4, 0.5) is 0 Å². The van der Waals surface area contributed by atoms with Crippen LogP contribution in [0.25, 0.3) is 0 Å². The topological polar surface area (TPSA) is 43.1 Å². The summed E-state index contributed by atoms with van der Waals surface area (Å²) in [4.78, 5) is 10.7. The van der Waals surface area contributed by atoms with Crippen LogP contribution in [-0.2, 0) is 17.6 Å². The van der Waals surface area contributed by atoms with Gasteiger partial charge in [-0.2, -0.15) is 0 Å². The first-order valence-corrected chi connectivity index (χ1v) is 5.48. The second kappa shape index (κ2) is 3.95. The smallest absolute Gasteiger partial charge is 0.120 e. The van der Waals surface area contributed by atoms with E-state index >= 15 is 0 Å². The quantitative estimate of drug-likeness (QED) is 0.797. The van der Waals surface area contributed by atoms with Gasteiger partial charge >= 0.3 is 0 Å². The van der Waals surface area contributed by atoms with Crippen LogP contribution in [0.5, 0.6) is 0 Å². The summed E-state index contributed by atoms with van der Waals surface area (Å²) >= 11 is 5.94. The van der Waals surface area contributed by atoms with Crippen molar-refractivity contribution in [2.24, 2.45) is 11.1 Å². The van der Waals surface area contributed by atoms with Gasteiger partial charge in [0, 0.05) is 11.4 Å². The second-order valence-electron chi connectivity index (χ2n) is 4.34. The van der Waals surface area contributed by atoms with Crippen LogP contribution in [0, 0.1) is 5.41 Å². The lowest BCUT2D eigenvalue weighted by Gasteiger charge is -2.24. The maximum absolute atomic E-state index is 10.7. The Labute approximate surface area is 94.4 Å². The van der Waals surface area contributed by atoms with Gasteiger partial charge in [-0.05, 0) is 48.1 Å². The van der Waals surface area contributed by atoms with Crippen molar-refractivity contribution < 1.29 is 4.79 Å². The third-order valence-electron chi connectivity index (χ3n) is 3.25. The molecule has 0 aliphatic heterocycles. The molecule has 2 rings (SSSR count). The molecule has 0 fully saturated rings. The highest BCUT2D eigenvalue weighted by Gasteiger charge is 2.35. The molecule has 0 saturated carbocycles. The Bertz CT molecular complexity index is 391. The molecule has 1 aliphatic rings.